The molecule has 0 unspecified atom stereocenters. The Bertz CT molecular complexity index is 717. The van der Waals surface area contributed by atoms with Gasteiger partial charge in [-0.2, -0.15) is 5.10 Å². The lowest BCUT2D eigenvalue weighted by atomic mass is 10.2. The van der Waals surface area contributed by atoms with Crippen LogP contribution in [0.3, 0.4) is 0 Å². The number of phenols is 1. The Hall–Kier alpha value is -3.35. The van der Waals surface area contributed by atoms with E-state index in [4.69, 9.17) is 0 Å². The highest BCUT2D eigenvalue weighted by atomic mass is 16.3. The van der Waals surface area contributed by atoms with E-state index >= 15 is 0 Å². The number of nitrogens with one attached hydrogen (secondary N) is 3. The van der Waals surface area contributed by atoms with Gasteiger partial charge < -0.3 is 15.7 Å². The Kier molecular flexibility index (Phi) is 6.34. The molecule has 0 atom stereocenters. The summed E-state index contributed by atoms with van der Waals surface area (Å²) in [4.78, 5) is 23.1. The van der Waals surface area contributed by atoms with Gasteiger partial charge in [-0.3, -0.25) is 4.79 Å². The van der Waals surface area contributed by atoms with E-state index in [1.54, 1.807) is 12.1 Å². The lowest BCUT2D eigenvalue weighted by Crippen LogP contribution is -2.40. The van der Waals surface area contributed by atoms with Crippen LogP contribution < -0.4 is 16.1 Å². The van der Waals surface area contributed by atoms with Gasteiger partial charge in [0.1, 0.15) is 12.3 Å². The number of aromatic hydroxyl groups is 1. The average Bonchev–Trinajstić information content (AvgIpc) is 2.59. The second-order valence-electron chi connectivity index (χ2n) is 4.91. The highest BCUT2D eigenvalue weighted by Gasteiger charge is 2.04. The van der Waals surface area contributed by atoms with Gasteiger partial charge in [-0.25, -0.2) is 10.2 Å². The second-order valence-corrected chi connectivity index (χ2v) is 4.91. The zero-order valence-electron chi connectivity index (χ0n) is 12.9. The molecule has 0 aliphatic carbocycles. The van der Waals surface area contributed by atoms with Gasteiger partial charge >= 0.3 is 6.03 Å². The van der Waals surface area contributed by atoms with E-state index in [1.165, 1.54) is 18.3 Å². The number of hydrogen-bond acceptors (Lipinski definition) is 4. The van der Waals surface area contributed by atoms with Gasteiger partial charge in [-0.15, -0.1) is 0 Å². The van der Waals surface area contributed by atoms with Gasteiger partial charge in [0.05, 0.1) is 6.21 Å². The summed E-state index contributed by atoms with van der Waals surface area (Å²) in [5, 5.41) is 18.1. The third-order valence-electron chi connectivity index (χ3n) is 2.98. The number of hydrogen-bond donors (Lipinski definition) is 4. The van der Waals surface area contributed by atoms with Crippen molar-refractivity contribution in [3.05, 3.63) is 65.7 Å². The highest BCUT2D eigenvalue weighted by Crippen LogP contribution is 2.08. The van der Waals surface area contributed by atoms with Gasteiger partial charge in [-0.1, -0.05) is 42.5 Å². The molecule has 2 aromatic carbocycles. The number of carbonyl (C=O) groups excluding carboxylic acids is 2. The maximum atomic E-state index is 11.6. The van der Waals surface area contributed by atoms with Crippen LogP contribution in [0.4, 0.5) is 4.79 Å². The third-order valence-corrected chi connectivity index (χ3v) is 2.98. The fraction of sp³-hybridized carbons (Fsp3) is 0.118. The van der Waals surface area contributed by atoms with Crippen LogP contribution in [-0.2, 0) is 11.3 Å². The highest BCUT2D eigenvalue weighted by molar-refractivity contribution is 5.85. The Balaban J connectivity index is 1.66. The van der Waals surface area contributed by atoms with E-state index < -0.39 is 11.9 Å². The standard InChI is InChI=1S/C17H18N4O3/c22-15-8-4-7-14(9-15)11-20-21-16(23)12-19-17(24)18-10-13-5-2-1-3-6-13/h1-9,11,22H,10,12H2,(H,21,23)(H2,18,19,24)/b20-11-. The predicted molar refractivity (Wildman–Crippen MR) is 90.5 cm³/mol. The van der Waals surface area contributed by atoms with E-state index in [1.807, 2.05) is 30.3 Å². The molecule has 2 rings (SSSR count). The molecule has 0 aliphatic heterocycles. The molecule has 0 aliphatic rings. The number of hydrazone groups is 1. The van der Waals surface area contributed by atoms with E-state index in [2.05, 4.69) is 21.2 Å². The number of urea groups is 1. The lowest BCUT2D eigenvalue weighted by molar-refractivity contribution is -0.120. The van der Waals surface area contributed by atoms with Crippen LogP contribution >= 0.6 is 0 Å². The largest absolute Gasteiger partial charge is 0.508 e. The van der Waals surface area contributed by atoms with E-state index in [0.29, 0.717) is 12.1 Å². The van der Waals surface area contributed by atoms with Crippen molar-refractivity contribution in [3.8, 4) is 5.75 Å². The number of amides is 3. The third kappa shape index (κ3) is 6.18. The van der Waals surface area contributed by atoms with Crippen molar-refractivity contribution in [2.24, 2.45) is 5.10 Å². The monoisotopic (exact) mass is 326 g/mol. The van der Waals surface area contributed by atoms with Crippen molar-refractivity contribution in [3.63, 3.8) is 0 Å². The van der Waals surface area contributed by atoms with E-state index in [0.717, 1.165) is 5.56 Å². The normalized spacial score (nSPS) is 10.3. The maximum absolute atomic E-state index is 11.6. The van der Waals surface area contributed by atoms with E-state index in [-0.39, 0.29) is 12.3 Å². The second kappa shape index (κ2) is 8.94. The van der Waals surface area contributed by atoms with Crippen molar-refractivity contribution < 1.29 is 14.7 Å². The van der Waals surface area contributed by atoms with Crippen LogP contribution in [0.1, 0.15) is 11.1 Å². The topological polar surface area (TPSA) is 103 Å². The van der Waals surface area contributed by atoms with Crippen LogP contribution in [0.25, 0.3) is 0 Å². The first kappa shape index (κ1) is 17.0. The molecule has 7 heteroatoms. The molecule has 3 amide bonds. The van der Waals surface area contributed by atoms with Crippen LogP contribution in [0.2, 0.25) is 0 Å². The Morgan fingerprint density at radius 3 is 2.58 bits per heavy atom. The molecular formula is C17H18N4O3. The van der Waals surface area contributed by atoms with Crippen LogP contribution in [0.5, 0.6) is 5.75 Å². The summed E-state index contributed by atoms with van der Waals surface area (Å²) in [6.07, 6.45) is 1.40. The Morgan fingerprint density at radius 1 is 1.04 bits per heavy atom. The number of phenolic OH excluding ortho intramolecular Hbond substituents is 1. The molecule has 0 saturated carbocycles. The summed E-state index contributed by atoms with van der Waals surface area (Å²) < 4.78 is 0. The number of rotatable bonds is 6. The first-order valence-corrected chi connectivity index (χ1v) is 7.30. The molecule has 2 aromatic rings. The van der Waals surface area contributed by atoms with Crippen LogP contribution in [-0.4, -0.2) is 29.8 Å². The summed E-state index contributed by atoms with van der Waals surface area (Å²) in [7, 11) is 0. The first-order valence-electron chi connectivity index (χ1n) is 7.30. The molecule has 0 aromatic heterocycles. The maximum Gasteiger partial charge on any atom is 0.315 e. The minimum absolute atomic E-state index is 0.113. The lowest BCUT2D eigenvalue weighted by Gasteiger charge is -2.06. The van der Waals surface area contributed by atoms with Crippen molar-refractivity contribution in [2.45, 2.75) is 6.54 Å². The summed E-state index contributed by atoms with van der Waals surface area (Å²) >= 11 is 0. The minimum atomic E-state index is -0.457. The fourth-order valence-corrected chi connectivity index (χ4v) is 1.82. The Labute approximate surface area is 139 Å². The predicted octanol–water partition coefficient (Wildman–Crippen LogP) is 1.34. The summed E-state index contributed by atoms with van der Waals surface area (Å²) in [5.41, 5.74) is 3.89. The summed E-state index contributed by atoms with van der Waals surface area (Å²) in [6.45, 7) is 0.182. The van der Waals surface area contributed by atoms with Gasteiger partial charge in [0, 0.05) is 6.54 Å². The molecule has 0 bridgehead atoms. The summed E-state index contributed by atoms with van der Waals surface area (Å²) in [5.74, 6) is -0.344. The molecule has 24 heavy (non-hydrogen) atoms. The molecule has 0 radical (unpaired) electrons. The number of benzene rings is 2. The molecule has 124 valence electrons. The smallest absolute Gasteiger partial charge is 0.315 e. The molecule has 0 spiro atoms. The van der Waals surface area contributed by atoms with Gasteiger partial charge in [0.15, 0.2) is 0 Å². The minimum Gasteiger partial charge on any atom is -0.508 e. The summed E-state index contributed by atoms with van der Waals surface area (Å²) in [6, 6.07) is 15.4. The zero-order chi connectivity index (χ0) is 17.2. The SMILES string of the molecule is O=C(CNC(=O)NCc1ccccc1)N/N=C\c1cccc(O)c1. The van der Waals surface area contributed by atoms with Crippen molar-refractivity contribution in [1.82, 2.24) is 16.1 Å². The van der Waals surface area contributed by atoms with Gasteiger partial charge in [0.2, 0.25) is 0 Å². The van der Waals surface area contributed by atoms with Gasteiger partial charge in [0.25, 0.3) is 5.91 Å². The van der Waals surface area contributed by atoms with Crippen molar-refractivity contribution in [2.75, 3.05) is 6.54 Å². The Morgan fingerprint density at radius 2 is 1.83 bits per heavy atom. The number of nitrogens with zero attached hydrogens (tertiary/aromatic N) is 1. The van der Waals surface area contributed by atoms with Gasteiger partial charge in [-0.05, 0) is 23.3 Å². The van der Waals surface area contributed by atoms with Crippen LogP contribution in [0, 0.1) is 0 Å². The molecule has 0 saturated heterocycles. The number of carbonyl (C=O) groups is 2. The molecule has 7 nitrogen and oxygen atoms in total. The van der Waals surface area contributed by atoms with Crippen molar-refractivity contribution in [1.29, 1.82) is 0 Å². The quantitative estimate of drug-likeness (QED) is 0.476. The zero-order valence-corrected chi connectivity index (χ0v) is 12.9. The molecule has 0 heterocycles. The fourth-order valence-electron chi connectivity index (χ4n) is 1.82. The molecule has 4 N–H and O–H groups in total. The molecular weight excluding hydrogens is 308 g/mol. The van der Waals surface area contributed by atoms with Crippen molar-refractivity contribution >= 4 is 18.2 Å². The van der Waals surface area contributed by atoms with E-state index in [9.17, 15) is 14.7 Å². The first-order chi connectivity index (χ1) is 11.6. The average molecular weight is 326 g/mol. The molecule has 0 fully saturated rings. The van der Waals surface area contributed by atoms with Crippen LogP contribution in [0.15, 0.2) is 59.7 Å².